The van der Waals surface area contributed by atoms with Crippen molar-refractivity contribution in [1.29, 1.82) is 0 Å². The molecule has 1 aliphatic rings. The van der Waals surface area contributed by atoms with E-state index < -0.39 is 11.8 Å². The van der Waals surface area contributed by atoms with Gasteiger partial charge in [0.2, 0.25) is 0 Å². The molecule has 1 aliphatic heterocycles. The Morgan fingerprint density at radius 1 is 1.08 bits per heavy atom. The summed E-state index contributed by atoms with van der Waals surface area (Å²) >= 11 is 17.1. The zero-order chi connectivity index (χ0) is 18.3. The molecule has 0 unspecified atom stereocenters. The first-order chi connectivity index (χ1) is 11.8. The number of rotatable bonds is 2. The van der Waals surface area contributed by atoms with E-state index in [1.54, 1.807) is 12.1 Å². The fourth-order valence-corrected chi connectivity index (χ4v) is 3.41. The number of amides is 2. The van der Waals surface area contributed by atoms with Gasteiger partial charge in [-0.1, -0.05) is 23.2 Å². The van der Waals surface area contributed by atoms with Crippen LogP contribution < -0.4 is 10.6 Å². The van der Waals surface area contributed by atoms with Gasteiger partial charge in [0.1, 0.15) is 5.57 Å². The predicted molar refractivity (Wildman–Crippen MR) is 102 cm³/mol. The quantitative estimate of drug-likeness (QED) is 0.467. The Labute approximate surface area is 159 Å². The molecule has 2 N–H and O–H groups in total. The minimum absolute atomic E-state index is 0.00365. The summed E-state index contributed by atoms with van der Waals surface area (Å²) in [5.74, 6) is -1.05. The highest BCUT2D eigenvalue weighted by Crippen LogP contribution is 2.29. The van der Waals surface area contributed by atoms with Crippen molar-refractivity contribution in [2.24, 2.45) is 0 Å². The largest absolute Gasteiger partial charge is 0.316 e. The maximum atomic E-state index is 12.0. The van der Waals surface area contributed by atoms with Crippen LogP contribution in [0, 0.1) is 13.8 Å². The third kappa shape index (κ3) is 3.33. The highest BCUT2D eigenvalue weighted by molar-refractivity contribution is 7.80. The lowest BCUT2D eigenvalue weighted by molar-refractivity contribution is -0.123. The van der Waals surface area contributed by atoms with Crippen molar-refractivity contribution in [1.82, 2.24) is 15.2 Å². The van der Waals surface area contributed by atoms with E-state index in [0.29, 0.717) is 10.0 Å². The molecule has 128 valence electrons. The maximum absolute atomic E-state index is 12.0. The molecule has 1 saturated heterocycles. The summed E-state index contributed by atoms with van der Waals surface area (Å²) in [5.41, 5.74) is 3.24. The Morgan fingerprint density at radius 3 is 2.32 bits per heavy atom. The third-order valence-corrected chi connectivity index (χ3v) is 4.61. The number of nitrogens with one attached hydrogen (secondary N) is 2. The number of thiocarbonyl (C=S) groups is 1. The number of carbonyl (C=O) groups excluding carboxylic acids is 2. The summed E-state index contributed by atoms with van der Waals surface area (Å²) in [6.45, 7) is 3.80. The molecule has 0 saturated carbocycles. The summed E-state index contributed by atoms with van der Waals surface area (Å²) in [5, 5.41) is 5.89. The van der Waals surface area contributed by atoms with Crippen molar-refractivity contribution in [2.75, 3.05) is 0 Å². The van der Waals surface area contributed by atoms with Crippen LogP contribution >= 0.6 is 35.4 Å². The number of nitrogens with zero attached hydrogens (tertiary/aromatic N) is 1. The Morgan fingerprint density at radius 2 is 1.72 bits per heavy atom. The van der Waals surface area contributed by atoms with Crippen LogP contribution in [0.1, 0.15) is 17.0 Å². The molecule has 0 aliphatic carbocycles. The van der Waals surface area contributed by atoms with E-state index in [9.17, 15) is 9.59 Å². The van der Waals surface area contributed by atoms with Crippen LogP contribution in [0.25, 0.3) is 11.8 Å². The predicted octanol–water partition coefficient (Wildman–Crippen LogP) is 3.32. The van der Waals surface area contributed by atoms with Crippen molar-refractivity contribution in [3.63, 3.8) is 0 Å². The number of halogens is 2. The SMILES string of the molecule is Cc1cc(C=C2C(=O)NC(=S)NC2=O)c(C)n1-c1ccc(Cl)cc1Cl. The summed E-state index contributed by atoms with van der Waals surface area (Å²) in [6, 6.07) is 7.11. The van der Waals surface area contributed by atoms with E-state index in [-0.39, 0.29) is 10.7 Å². The smallest absolute Gasteiger partial charge is 0.263 e. The van der Waals surface area contributed by atoms with Crippen molar-refractivity contribution < 1.29 is 9.59 Å². The van der Waals surface area contributed by atoms with Gasteiger partial charge >= 0.3 is 0 Å². The second-order valence-electron chi connectivity index (χ2n) is 5.55. The van der Waals surface area contributed by atoms with Crippen molar-refractivity contribution in [3.8, 4) is 5.69 Å². The molecule has 2 aromatic rings. The van der Waals surface area contributed by atoms with E-state index in [1.165, 1.54) is 6.08 Å². The van der Waals surface area contributed by atoms with Gasteiger partial charge in [-0.15, -0.1) is 0 Å². The van der Waals surface area contributed by atoms with E-state index in [0.717, 1.165) is 22.6 Å². The molecular weight excluding hydrogens is 381 g/mol. The Bertz CT molecular complexity index is 941. The molecule has 2 heterocycles. The number of hydrogen-bond donors (Lipinski definition) is 2. The van der Waals surface area contributed by atoms with Gasteiger partial charge in [0.15, 0.2) is 5.11 Å². The van der Waals surface area contributed by atoms with Gasteiger partial charge in [0.05, 0.1) is 10.7 Å². The van der Waals surface area contributed by atoms with Gasteiger partial charge in [0.25, 0.3) is 11.8 Å². The second-order valence-corrected chi connectivity index (χ2v) is 6.80. The molecular formula is C17H13Cl2N3O2S. The average Bonchev–Trinajstić information content (AvgIpc) is 2.78. The molecule has 1 aromatic heterocycles. The van der Waals surface area contributed by atoms with Crippen molar-refractivity contribution >= 4 is 58.4 Å². The lowest BCUT2D eigenvalue weighted by atomic mass is 10.1. The number of hydrogen-bond acceptors (Lipinski definition) is 3. The van der Waals surface area contributed by atoms with Crippen LogP contribution in [0.3, 0.4) is 0 Å². The van der Waals surface area contributed by atoms with Gasteiger partial charge in [-0.05, 0) is 62.0 Å². The average molecular weight is 394 g/mol. The Hall–Kier alpha value is -2.15. The zero-order valence-electron chi connectivity index (χ0n) is 13.3. The zero-order valence-corrected chi connectivity index (χ0v) is 15.6. The number of benzene rings is 1. The summed E-state index contributed by atoms with van der Waals surface area (Å²) in [4.78, 5) is 24.0. The van der Waals surface area contributed by atoms with E-state index in [4.69, 9.17) is 35.4 Å². The van der Waals surface area contributed by atoms with Crippen LogP contribution in [0.4, 0.5) is 0 Å². The molecule has 3 rings (SSSR count). The molecule has 8 heteroatoms. The Kier molecular flexibility index (Phi) is 4.69. The molecule has 5 nitrogen and oxygen atoms in total. The Balaban J connectivity index is 2.09. The monoisotopic (exact) mass is 393 g/mol. The molecule has 1 aromatic carbocycles. The molecule has 0 spiro atoms. The number of carbonyl (C=O) groups is 2. The van der Waals surface area contributed by atoms with Crippen LogP contribution in [0.2, 0.25) is 10.0 Å². The molecule has 25 heavy (non-hydrogen) atoms. The highest BCUT2D eigenvalue weighted by atomic mass is 35.5. The topological polar surface area (TPSA) is 63.1 Å². The van der Waals surface area contributed by atoms with Crippen LogP contribution in [-0.4, -0.2) is 21.5 Å². The van der Waals surface area contributed by atoms with E-state index >= 15 is 0 Å². The standard InChI is InChI=1S/C17H13Cl2N3O2S/c1-8-5-10(6-12-15(23)20-17(25)21-16(12)24)9(2)22(8)14-4-3-11(18)7-13(14)19/h3-7H,1-2H3,(H2,20,21,23,24,25). The molecule has 1 fully saturated rings. The van der Waals surface area contributed by atoms with Crippen molar-refractivity contribution in [2.45, 2.75) is 13.8 Å². The fourth-order valence-electron chi connectivity index (χ4n) is 2.73. The molecule has 0 bridgehead atoms. The van der Waals surface area contributed by atoms with Crippen LogP contribution in [0.5, 0.6) is 0 Å². The van der Waals surface area contributed by atoms with Crippen molar-refractivity contribution in [3.05, 3.63) is 56.8 Å². The first-order valence-corrected chi connectivity index (χ1v) is 8.47. The van der Waals surface area contributed by atoms with Gasteiger partial charge in [-0.2, -0.15) is 0 Å². The second kappa shape index (κ2) is 6.63. The summed E-state index contributed by atoms with van der Waals surface area (Å²) < 4.78 is 1.94. The first kappa shape index (κ1) is 17.7. The molecule has 0 radical (unpaired) electrons. The van der Waals surface area contributed by atoms with Crippen LogP contribution in [-0.2, 0) is 9.59 Å². The number of aryl methyl sites for hydroxylation is 1. The third-order valence-electron chi connectivity index (χ3n) is 3.86. The highest BCUT2D eigenvalue weighted by Gasteiger charge is 2.26. The summed E-state index contributed by atoms with van der Waals surface area (Å²) in [6.07, 6.45) is 1.54. The minimum atomic E-state index is -0.525. The summed E-state index contributed by atoms with van der Waals surface area (Å²) in [7, 11) is 0. The van der Waals surface area contributed by atoms with Crippen LogP contribution in [0.15, 0.2) is 29.8 Å². The van der Waals surface area contributed by atoms with Gasteiger partial charge in [-0.25, -0.2) is 0 Å². The normalized spacial score (nSPS) is 14.4. The van der Waals surface area contributed by atoms with Gasteiger partial charge < -0.3 is 4.57 Å². The van der Waals surface area contributed by atoms with Gasteiger partial charge in [0, 0.05) is 16.4 Å². The molecule has 0 atom stereocenters. The molecule has 2 amide bonds. The number of aromatic nitrogens is 1. The lowest BCUT2D eigenvalue weighted by Crippen LogP contribution is -2.51. The van der Waals surface area contributed by atoms with Gasteiger partial charge in [-0.3, -0.25) is 20.2 Å². The minimum Gasteiger partial charge on any atom is -0.316 e. The maximum Gasteiger partial charge on any atom is 0.263 e. The fraction of sp³-hybridized carbons (Fsp3) is 0.118. The van der Waals surface area contributed by atoms with E-state index in [1.807, 2.05) is 30.5 Å². The van der Waals surface area contributed by atoms with E-state index in [2.05, 4.69) is 10.6 Å². The lowest BCUT2D eigenvalue weighted by Gasteiger charge is -2.16. The first-order valence-electron chi connectivity index (χ1n) is 7.30.